The second kappa shape index (κ2) is 7.41. The summed E-state index contributed by atoms with van der Waals surface area (Å²) in [5, 5.41) is 3.42. The molecule has 0 fully saturated rings. The number of halogens is 1. The average molecular weight is 327 g/mol. The van der Waals surface area contributed by atoms with Crippen LogP contribution in [0.25, 0.3) is 0 Å². The maximum absolute atomic E-state index is 3.64. The van der Waals surface area contributed by atoms with Crippen LogP contribution in [0.2, 0.25) is 0 Å². The van der Waals surface area contributed by atoms with E-state index in [0.717, 1.165) is 19.5 Å². The number of nitrogens with zero attached hydrogens (tertiary/aromatic N) is 1. The van der Waals surface area contributed by atoms with Crippen LogP contribution >= 0.6 is 15.9 Å². The van der Waals surface area contributed by atoms with E-state index in [1.807, 2.05) is 7.05 Å². The van der Waals surface area contributed by atoms with E-state index in [9.17, 15) is 0 Å². The highest BCUT2D eigenvalue weighted by Gasteiger charge is 2.16. The first-order valence-corrected chi connectivity index (χ1v) is 7.73. The molecule has 2 nitrogen and oxygen atoms in total. The van der Waals surface area contributed by atoms with Crippen molar-refractivity contribution in [3.05, 3.63) is 34.3 Å². The van der Waals surface area contributed by atoms with E-state index in [-0.39, 0.29) is 0 Å². The Hall–Kier alpha value is -0.380. The van der Waals surface area contributed by atoms with Crippen LogP contribution in [0, 0.1) is 5.41 Å². The Morgan fingerprint density at radius 2 is 1.89 bits per heavy atom. The molecule has 0 saturated carbocycles. The molecule has 1 aromatic rings. The molecule has 3 heteroatoms. The number of hydrogen-bond acceptors (Lipinski definition) is 2. The molecule has 108 valence electrons. The fourth-order valence-electron chi connectivity index (χ4n) is 2.45. The Balaban J connectivity index is 2.57. The summed E-state index contributed by atoms with van der Waals surface area (Å²) in [5.41, 5.74) is 1.70. The van der Waals surface area contributed by atoms with Crippen LogP contribution in [0.1, 0.15) is 38.8 Å². The molecule has 1 atom stereocenters. The molecule has 0 bridgehead atoms. The lowest BCUT2D eigenvalue weighted by molar-refractivity contribution is 0.218. The molecular weight excluding hydrogens is 300 g/mol. The van der Waals surface area contributed by atoms with Crippen LogP contribution in [-0.2, 0) is 0 Å². The van der Waals surface area contributed by atoms with Gasteiger partial charge in [-0.2, -0.15) is 0 Å². The first kappa shape index (κ1) is 16.7. The quantitative estimate of drug-likeness (QED) is 0.847. The summed E-state index contributed by atoms with van der Waals surface area (Å²) in [6.07, 6.45) is 1.12. The van der Waals surface area contributed by atoms with Crippen molar-refractivity contribution in [2.45, 2.75) is 33.2 Å². The predicted molar refractivity (Wildman–Crippen MR) is 87.5 cm³/mol. The lowest BCUT2D eigenvalue weighted by atomic mass is 9.96. The van der Waals surface area contributed by atoms with Crippen molar-refractivity contribution in [1.82, 2.24) is 10.2 Å². The molecule has 1 aromatic carbocycles. The number of rotatable bonds is 6. The molecule has 0 heterocycles. The molecule has 0 aromatic heterocycles. The summed E-state index contributed by atoms with van der Waals surface area (Å²) in [4.78, 5) is 2.42. The van der Waals surface area contributed by atoms with E-state index in [2.05, 4.69) is 78.2 Å². The van der Waals surface area contributed by atoms with Gasteiger partial charge in [0.15, 0.2) is 0 Å². The Morgan fingerprint density at radius 1 is 1.26 bits per heavy atom. The van der Waals surface area contributed by atoms with Crippen LogP contribution in [0.3, 0.4) is 0 Å². The maximum atomic E-state index is 3.64. The highest BCUT2D eigenvalue weighted by atomic mass is 79.9. The SMILES string of the molecule is CNC(CCN(C)CC(C)(C)C)c1ccccc1Br. The van der Waals surface area contributed by atoms with Crippen LogP contribution in [0.15, 0.2) is 28.7 Å². The van der Waals surface area contributed by atoms with E-state index in [0.29, 0.717) is 11.5 Å². The van der Waals surface area contributed by atoms with Gasteiger partial charge in [-0.05, 0) is 44.1 Å². The Morgan fingerprint density at radius 3 is 2.42 bits per heavy atom. The topological polar surface area (TPSA) is 15.3 Å². The van der Waals surface area contributed by atoms with Gasteiger partial charge >= 0.3 is 0 Å². The van der Waals surface area contributed by atoms with Gasteiger partial charge in [0, 0.05) is 17.1 Å². The van der Waals surface area contributed by atoms with E-state index >= 15 is 0 Å². The molecule has 19 heavy (non-hydrogen) atoms. The molecule has 0 aliphatic heterocycles. The molecule has 1 rings (SSSR count). The van der Waals surface area contributed by atoms with Gasteiger partial charge in [-0.3, -0.25) is 0 Å². The summed E-state index contributed by atoms with van der Waals surface area (Å²) < 4.78 is 1.19. The zero-order valence-corrected chi connectivity index (χ0v) is 14.4. The van der Waals surface area contributed by atoms with Crippen LogP contribution in [-0.4, -0.2) is 32.1 Å². The van der Waals surface area contributed by atoms with Gasteiger partial charge in [0.2, 0.25) is 0 Å². The van der Waals surface area contributed by atoms with Gasteiger partial charge in [0.25, 0.3) is 0 Å². The largest absolute Gasteiger partial charge is 0.313 e. The minimum absolute atomic E-state index is 0.358. The number of benzene rings is 1. The first-order chi connectivity index (χ1) is 8.83. The molecule has 0 spiro atoms. The van der Waals surface area contributed by atoms with Crippen LogP contribution in [0.4, 0.5) is 0 Å². The smallest absolute Gasteiger partial charge is 0.0340 e. The number of hydrogen-bond donors (Lipinski definition) is 1. The van der Waals surface area contributed by atoms with E-state index in [4.69, 9.17) is 0 Å². The summed E-state index contributed by atoms with van der Waals surface area (Å²) in [5.74, 6) is 0. The first-order valence-electron chi connectivity index (χ1n) is 6.94. The van der Waals surface area contributed by atoms with Gasteiger partial charge in [-0.25, -0.2) is 0 Å². The van der Waals surface area contributed by atoms with Crippen molar-refractivity contribution in [1.29, 1.82) is 0 Å². The molecular formula is C16H27BrN2. The Kier molecular flexibility index (Phi) is 6.51. The van der Waals surface area contributed by atoms with Gasteiger partial charge in [0.05, 0.1) is 0 Å². The molecule has 0 aliphatic carbocycles. The normalized spacial score (nSPS) is 13.8. The fourth-order valence-corrected chi connectivity index (χ4v) is 3.01. The standard InChI is InChI=1S/C16H27BrN2/c1-16(2,3)12-19(5)11-10-15(18-4)13-8-6-7-9-14(13)17/h6-9,15,18H,10-12H2,1-5H3. The third-order valence-corrected chi connectivity index (χ3v) is 3.90. The monoisotopic (exact) mass is 326 g/mol. The van der Waals surface area contributed by atoms with Crippen LogP contribution in [0.5, 0.6) is 0 Å². The maximum Gasteiger partial charge on any atom is 0.0340 e. The van der Waals surface area contributed by atoms with E-state index < -0.39 is 0 Å². The van der Waals surface area contributed by atoms with Gasteiger partial charge in [0.1, 0.15) is 0 Å². The average Bonchev–Trinajstić information content (AvgIpc) is 2.29. The van der Waals surface area contributed by atoms with Crippen molar-refractivity contribution in [2.75, 3.05) is 27.2 Å². The summed E-state index contributed by atoms with van der Waals surface area (Å²) in [7, 11) is 4.24. The third-order valence-electron chi connectivity index (χ3n) is 3.17. The molecule has 0 saturated heterocycles. The zero-order chi connectivity index (χ0) is 14.5. The van der Waals surface area contributed by atoms with Crippen molar-refractivity contribution < 1.29 is 0 Å². The summed E-state index contributed by atoms with van der Waals surface area (Å²) in [6.45, 7) is 9.08. The lowest BCUT2D eigenvalue weighted by Gasteiger charge is -2.28. The van der Waals surface area contributed by atoms with E-state index in [1.165, 1.54) is 10.0 Å². The predicted octanol–water partition coefficient (Wildman–Crippen LogP) is 4.08. The zero-order valence-electron chi connectivity index (χ0n) is 12.8. The highest BCUT2D eigenvalue weighted by molar-refractivity contribution is 9.10. The Bertz CT molecular complexity index is 385. The molecule has 1 unspecified atom stereocenters. The molecule has 1 N–H and O–H groups in total. The van der Waals surface area contributed by atoms with Crippen molar-refractivity contribution in [2.24, 2.45) is 5.41 Å². The van der Waals surface area contributed by atoms with Crippen molar-refractivity contribution >= 4 is 15.9 Å². The minimum atomic E-state index is 0.358. The van der Waals surface area contributed by atoms with Gasteiger partial charge in [-0.15, -0.1) is 0 Å². The van der Waals surface area contributed by atoms with Crippen molar-refractivity contribution in [3.8, 4) is 0 Å². The molecule has 0 amide bonds. The second-order valence-electron chi connectivity index (χ2n) is 6.45. The lowest BCUT2D eigenvalue weighted by Crippen LogP contribution is -2.32. The number of nitrogens with one attached hydrogen (secondary N) is 1. The summed E-state index contributed by atoms with van der Waals surface area (Å²) >= 11 is 3.64. The summed E-state index contributed by atoms with van der Waals surface area (Å²) in [6, 6.07) is 8.86. The molecule has 0 aliphatic rings. The van der Waals surface area contributed by atoms with Gasteiger partial charge < -0.3 is 10.2 Å². The van der Waals surface area contributed by atoms with Gasteiger partial charge in [-0.1, -0.05) is 54.9 Å². The highest BCUT2D eigenvalue weighted by Crippen LogP contribution is 2.25. The van der Waals surface area contributed by atoms with Crippen molar-refractivity contribution in [3.63, 3.8) is 0 Å². The fraction of sp³-hybridized carbons (Fsp3) is 0.625. The van der Waals surface area contributed by atoms with Crippen LogP contribution < -0.4 is 5.32 Å². The second-order valence-corrected chi connectivity index (χ2v) is 7.30. The molecule has 0 radical (unpaired) electrons. The van der Waals surface area contributed by atoms with E-state index in [1.54, 1.807) is 0 Å². The Labute approximate surface area is 126 Å². The third kappa shape index (κ3) is 6.07. The minimum Gasteiger partial charge on any atom is -0.313 e.